The van der Waals surface area contributed by atoms with E-state index in [4.69, 9.17) is 19.5 Å². The number of esters is 1. The molecule has 3 aromatic rings. The summed E-state index contributed by atoms with van der Waals surface area (Å²) < 4.78 is 31.9. The second kappa shape index (κ2) is 12.6. The number of aliphatic hydroxyl groups excluding tert-OH is 1. The fraction of sp³-hybridized carbons (Fsp3) is 0.320. The van der Waals surface area contributed by atoms with Gasteiger partial charge in [0, 0.05) is 12.6 Å². The van der Waals surface area contributed by atoms with Crippen molar-refractivity contribution in [3.05, 3.63) is 89.0 Å². The molecule has 13 heteroatoms. The van der Waals surface area contributed by atoms with E-state index in [9.17, 15) is 19.3 Å². The van der Waals surface area contributed by atoms with E-state index in [0.29, 0.717) is 0 Å². The first-order valence-corrected chi connectivity index (χ1v) is 14.4. The molecule has 38 heavy (non-hydrogen) atoms. The Kier molecular flexibility index (Phi) is 9.24. The minimum Gasteiger partial charge on any atom is -0.460 e. The highest BCUT2D eigenvalue weighted by Gasteiger charge is 2.39. The normalized spacial score (nSPS) is 21.4. The number of carbonyl (C=O) groups is 1. The van der Waals surface area contributed by atoms with Crippen LogP contribution < -0.4 is 21.0 Å². The minimum absolute atomic E-state index is 0.0576. The lowest BCUT2D eigenvalue weighted by molar-refractivity contribution is -0.146. The standard InChI is InChI=1S/C25H29N4O7PS/c1-17(24(31)34-15-18-8-4-2-5-9-18)28-37(33,36-19-10-6-3-7-11-19)35-16-21-20(30)14-23(38-21)29-13-12-22(26)27-25(29)32/h2-13,17,20-21,23,30H,14-16H2,1H3,(H,28,33)(H2,26,27,32)/t17-,20+,21+,23+,37?/m0/s1. The predicted octanol–water partition coefficient (Wildman–Crippen LogP) is 3.12. The first-order valence-electron chi connectivity index (χ1n) is 11.9. The Balaban J connectivity index is 1.41. The maximum Gasteiger partial charge on any atom is 0.459 e. The number of rotatable bonds is 11. The van der Waals surface area contributed by atoms with Crippen LogP contribution in [0.3, 0.4) is 0 Å². The monoisotopic (exact) mass is 560 g/mol. The van der Waals surface area contributed by atoms with Crippen molar-refractivity contribution in [2.75, 3.05) is 12.3 Å². The van der Waals surface area contributed by atoms with E-state index in [2.05, 4.69) is 10.1 Å². The van der Waals surface area contributed by atoms with Crippen molar-refractivity contribution in [3.63, 3.8) is 0 Å². The van der Waals surface area contributed by atoms with Gasteiger partial charge in [-0.05, 0) is 30.7 Å². The summed E-state index contributed by atoms with van der Waals surface area (Å²) in [6, 6.07) is 18.0. The summed E-state index contributed by atoms with van der Waals surface area (Å²) in [5.74, 6) is -0.263. The van der Waals surface area contributed by atoms with Gasteiger partial charge in [-0.25, -0.2) is 9.36 Å². The van der Waals surface area contributed by atoms with Gasteiger partial charge in [0.15, 0.2) is 0 Å². The number of benzene rings is 2. The van der Waals surface area contributed by atoms with E-state index in [0.717, 1.165) is 5.56 Å². The number of anilines is 1. The van der Waals surface area contributed by atoms with E-state index in [1.165, 1.54) is 35.5 Å². The molecule has 1 aliphatic heterocycles. The number of nitrogens with two attached hydrogens (primary N) is 1. The third kappa shape index (κ3) is 7.46. The summed E-state index contributed by atoms with van der Waals surface area (Å²) in [6.07, 6.45) is 0.920. The molecule has 2 heterocycles. The number of hydrogen-bond donors (Lipinski definition) is 3. The average Bonchev–Trinajstić information content (AvgIpc) is 3.27. The molecule has 1 aromatic heterocycles. The third-order valence-corrected chi connectivity index (χ3v) is 8.85. The van der Waals surface area contributed by atoms with E-state index >= 15 is 0 Å². The summed E-state index contributed by atoms with van der Waals surface area (Å²) in [4.78, 5) is 28.5. The second-order valence-corrected chi connectivity index (χ2v) is 11.7. The summed E-state index contributed by atoms with van der Waals surface area (Å²) >= 11 is 1.28. The topological polar surface area (TPSA) is 155 Å². The first-order chi connectivity index (χ1) is 18.2. The second-order valence-electron chi connectivity index (χ2n) is 8.62. The van der Waals surface area contributed by atoms with Crippen LogP contribution in [-0.4, -0.2) is 44.6 Å². The molecule has 1 fully saturated rings. The summed E-state index contributed by atoms with van der Waals surface area (Å²) in [6.45, 7) is 1.37. The van der Waals surface area contributed by atoms with E-state index in [1.54, 1.807) is 30.3 Å². The molecule has 1 unspecified atom stereocenters. The number of nitrogen functional groups attached to an aromatic ring is 1. The minimum atomic E-state index is -4.11. The SMILES string of the molecule is C[C@H](NP(=O)(OC[C@H]1S[C@@H](n2ccc(N)nc2=O)C[C@H]1O)Oc1ccccc1)C(=O)OCc1ccccc1. The van der Waals surface area contributed by atoms with Gasteiger partial charge in [0.25, 0.3) is 0 Å². The highest BCUT2D eigenvalue weighted by Crippen LogP contribution is 2.48. The van der Waals surface area contributed by atoms with Crippen molar-refractivity contribution in [2.45, 2.75) is 42.7 Å². The molecule has 0 saturated carbocycles. The third-order valence-electron chi connectivity index (χ3n) is 5.67. The lowest BCUT2D eigenvalue weighted by atomic mass is 10.2. The zero-order chi connectivity index (χ0) is 27.1. The van der Waals surface area contributed by atoms with E-state index < -0.39 is 42.2 Å². The smallest absolute Gasteiger partial charge is 0.459 e. The van der Waals surface area contributed by atoms with Gasteiger partial charge < -0.3 is 20.1 Å². The molecular weight excluding hydrogens is 531 g/mol. The highest BCUT2D eigenvalue weighted by atomic mass is 32.2. The number of aromatic nitrogens is 2. The lowest BCUT2D eigenvalue weighted by Crippen LogP contribution is -2.36. The van der Waals surface area contributed by atoms with Gasteiger partial charge in [-0.2, -0.15) is 10.1 Å². The summed E-state index contributed by atoms with van der Waals surface area (Å²) in [5.41, 5.74) is 5.85. The van der Waals surface area contributed by atoms with Crippen molar-refractivity contribution < 1.29 is 28.3 Å². The molecule has 0 aliphatic carbocycles. The number of nitrogens with one attached hydrogen (secondary N) is 1. The van der Waals surface area contributed by atoms with Crippen LogP contribution in [0.25, 0.3) is 0 Å². The zero-order valence-corrected chi connectivity index (χ0v) is 22.3. The number of nitrogens with zero attached hydrogens (tertiary/aromatic N) is 2. The number of aliphatic hydroxyl groups is 1. The van der Waals surface area contributed by atoms with Gasteiger partial charge in [0.05, 0.1) is 23.3 Å². The van der Waals surface area contributed by atoms with Gasteiger partial charge >= 0.3 is 19.4 Å². The molecule has 1 saturated heterocycles. The van der Waals surface area contributed by atoms with E-state index in [1.807, 2.05) is 30.3 Å². The fourth-order valence-electron chi connectivity index (χ4n) is 3.71. The maximum atomic E-state index is 13.7. The quantitative estimate of drug-likeness (QED) is 0.234. The van der Waals surface area contributed by atoms with Crippen molar-refractivity contribution in [3.8, 4) is 5.75 Å². The molecule has 0 radical (unpaired) electrons. The molecule has 0 spiro atoms. The Labute approximate surface area is 223 Å². The Morgan fingerprint density at radius 2 is 1.89 bits per heavy atom. The Bertz CT molecular complexity index is 1330. The molecule has 5 atom stereocenters. The van der Waals surface area contributed by atoms with Gasteiger partial charge in [-0.1, -0.05) is 48.5 Å². The van der Waals surface area contributed by atoms with Crippen LogP contribution >= 0.6 is 19.5 Å². The van der Waals surface area contributed by atoms with Crippen LogP contribution in [0, 0.1) is 0 Å². The van der Waals surface area contributed by atoms with Crippen molar-refractivity contribution >= 4 is 31.3 Å². The van der Waals surface area contributed by atoms with Crippen LogP contribution in [0.15, 0.2) is 77.7 Å². The molecule has 4 N–H and O–H groups in total. The van der Waals surface area contributed by atoms with Gasteiger partial charge in [-0.15, -0.1) is 11.8 Å². The van der Waals surface area contributed by atoms with Crippen LogP contribution in [0.1, 0.15) is 24.3 Å². The molecule has 1 aliphatic rings. The molecule has 4 rings (SSSR count). The molecule has 0 bridgehead atoms. The van der Waals surface area contributed by atoms with Crippen LogP contribution in [0.5, 0.6) is 5.75 Å². The Morgan fingerprint density at radius 3 is 2.58 bits per heavy atom. The van der Waals surface area contributed by atoms with E-state index in [-0.39, 0.29) is 31.2 Å². The average molecular weight is 561 g/mol. The van der Waals surface area contributed by atoms with Crippen LogP contribution in [0.2, 0.25) is 0 Å². The Morgan fingerprint density at radius 1 is 1.21 bits per heavy atom. The molecular formula is C25H29N4O7PS. The number of para-hydroxylation sites is 1. The largest absolute Gasteiger partial charge is 0.460 e. The van der Waals surface area contributed by atoms with Gasteiger partial charge in [0.2, 0.25) is 0 Å². The fourth-order valence-corrected chi connectivity index (χ4v) is 6.77. The zero-order valence-electron chi connectivity index (χ0n) is 20.6. The van der Waals surface area contributed by atoms with Crippen molar-refractivity contribution in [2.24, 2.45) is 0 Å². The number of ether oxygens (including phenoxy) is 1. The highest BCUT2D eigenvalue weighted by molar-refractivity contribution is 8.00. The van der Waals surface area contributed by atoms with Crippen molar-refractivity contribution in [1.82, 2.24) is 14.6 Å². The summed E-state index contributed by atoms with van der Waals surface area (Å²) in [5, 5.41) is 12.3. The summed E-state index contributed by atoms with van der Waals surface area (Å²) in [7, 11) is -4.11. The Hall–Kier alpha value is -3.15. The lowest BCUT2D eigenvalue weighted by Gasteiger charge is -2.24. The van der Waals surface area contributed by atoms with Gasteiger partial charge in [0.1, 0.15) is 24.2 Å². The van der Waals surface area contributed by atoms with Crippen LogP contribution in [0.4, 0.5) is 5.82 Å². The van der Waals surface area contributed by atoms with Crippen LogP contribution in [-0.2, 0) is 25.2 Å². The number of hydrogen-bond acceptors (Lipinski definition) is 10. The van der Waals surface area contributed by atoms with Crippen molar-refractivity contribution in [1.29, 1.82) is 0 Å². The predicted molar refractivity (Wildman–Crippen MR) is 143 cm³/mol. The van der Waals surface area contributed by atoms with Gasteiger partial charge in [-0.3, -0.25) is 13.9 Å². The molecule has 11 nitrogen and oxygen atoms in total. The number of thioether (sulfide) groups is 1. The molecule has 202 valence electrons. The number of carbonyl (C=O) groups excluding carboxylic acids is 1. The molecule has 2 aromatic carbocycles. The maximum absolute atomic E-state index is 13.7. The first kappa shape index (κ1) is 27.9. The molecule has 0 amide bonds.